The summed E-state index contributed by atoms with van der Waals surface area (Å²) in [6.45, 7) is 5.17. The summed E-state index contributed by atoms with van der Waals surface area (Å²) in [6.07, 6.45) is 8.81. The molecular weight excluding hydrogens is 260 g/mol. The summed E-state index contributed by atoms with van der Waals surface area (Å²) in [5.41, 5.74) is 2.92. The van der Waals surface area contributed by atoms with Crippen LogP contribution in [0.1, 0.15) is 43.4 Å². The normalized spacial score (nSPS) is 21.2. The Balaban J connectivity index is 1.60. The van der Waals surface area contributed by atoms with Crippen LogP contribution in [-0.2, 0) is 6.54 Å². The predicted molar refractivity (Wildman–Crippen MR) is 86.3 cm³/mol. The molecule has 1 aromatic rings. The van der Waals surface area contributed by atoms with E-state index in [9.17, 15) is 0 Å². The highest BCUT2D eigenvalue weighted by molar-refractivity contribution is 5.80. The zero-order valence-corrected chi connectivity index (χ0v) is 13.2. The van der Waals surface area contributed by atoms with Crippen molar-refractivity contribution in [1.29, 1.82) is 0 Å². The molecule has 4 nitrogen and oxygen atoms in total. The van der Waals surface area contributed by atoms with Crippen LogP contribution in [0.15, 0.2) is 23.3 Å². The van der Waals surface area contributed by atoms with Crippen LogP contribution in [0.25, 0.3) is 0 Å². The summed E-state index contributed by atoms with van der Waals surface area (Å²) in [5.74, 6) is 1.03. The van der Waals surface area contributed by atoms with Gasteiger partial charge in [0.25, 0.3) is 0 Å². The van der Waals surface area contributed by atoms with Gasteiger partial charge in [-0.1, -0.05) is 18.9 Å². The Kier molecular flexibility index (Phi) is 4.13. The summed E-state index contributed by atoms with van der Waals surface area (Å²) >= 11 is 0. The fraction of sp³-hybridized carbons (Fsp3) is 0.647. The molecule has 2 fully saturated rings. The van der Waals surface area contributed by atoms with Crippen molar-refractivity contribution in [2.75, 3.05) is 20.1 Å². The van der Waals surface area contributed by atoms with E-state index in [-0.39, 0.29) is 0 Å². The first-order valence-electron chi connectivity index (χ1n) is 8.09. The fourth-order valence-electron chi connectivity index (χ4n) is 3.85. The summed E-state index contributed by atoms with van der Waals surface area (Å²) in [4.78, 5) is 11.4. The van der Waals surface area contributed by atoms with E-state index >= 15 is 0 Å². The number of nitrogens with one attached hydrogen (secondary N) is 1. The SMILES string of the molecule is CN=C(NCc1ncccc1C)N1CCC2(CCCC2)C1. The monoisotopic (exact) mass is 286 g/mol. The van der Waals surface area contributed by atoms with Crippen molar-refractivity contribution >= 4 is 5.96 Å². The third-order valence-corrected chi connectivity index (χ3v) is 5.15. The van der Waals surface area contributed by atoms with Crippen LogP contribution in [0.3, 0.4) is 0 Å². The van der Waals surface area contributed by atoms with Gasteiger partial charge in [-0.15, -0.1) is 0 Å². The lowest BCUT2D eigenvalue weighted by Gasteiger charge is -2.26. The number of hydrogen-bond donors (Lipinski definition) is 1. The summed E-state index contributed by atoms with van der Waals surface area (Å²) < 4.78 is 0. The Morgan fingerprint density at radius 1 is 1.38 bits per heavy atom. The number of rotatable bonds is 2. The van der Waals surface area contributed by atoms with Crippen molar-refractivity contribution in [3.63, 3.8) is 0 Å². The van der Waals surface area contributed by atoms with Crippen LogP contribution in [0.5, 0.6) is 0 Å². The van der Waals surface area contributed by atoms with Gasteiger partial charge in [0, 0.05) is 26.3 Å². The summed E-state index contributed by atoms with van der Waals surface area (Å²) in [7, 11) is 1.88. The zero-order chi connectivity index (χ0) is 14.7. The van der Waals surface area contributed by atoms with Gasteiger partial charge in [0.15, 0.2) is 5.96 Å². The van der Waals surface area contributed by atoms with Gasteiger partial charge in [0.2, 0.25) is 0 Å². The van der Waals surface area contributed by atoms with Gasteiger partial charge in [-0.25, -0.2) is 0 Å². The lowest BCUT2D eigenvalue weighted by molar-refractivity contribution is 0.309. The predicted octanol–water partition coefficient (Wildman–Crippen LogP) is 2.73. The number of likely N-dealkylation sites (tertiary alicyclic amines) is 1. The van der Waals surface area contributed by atoms with Crippen LogP contribution in [0, 0.1) is 12.3 Å². The maximum Gasteiger partial charge on any atom is 0.193 e. The molecule has 1 saturated carbocycles. The Bertz CT molecular complexity index is 517. The molecule has 3 rings (SSSR count). The minimum atomic E-state index is 0.582. The molecule has 21 heavy (non-hydrogen) atoms. The Hall–Kier alpha value is -1.58. The van der Waals surface area contributed by atoms with Crippen LogP contribution >= 0.6 is 0 Å². The maximum atomic E-state index is 4.47. The van der Waals surface area contributed by atoms with Gasteiger partial charge in [-0.2, -0.15) is 0 Å². The minimum Gasteiger partial charge on any atom is -0.351 e. The molecule has 0 radical (unpaired) electrons. The maximum absolute atomic E-state index is 4.47. The Labute approximate surface area is 127 Å². The molecule has 1 aliphatic heterocycles. The molecule has 1 saturated heterocycles. The van der Waals surface area contributed by atoms with E-state index in [0.29, 0.717) is 5.41 Å². The van der Waals surface area contributed by atoms with Gasteiger partial charge in [-0.3, -0.25) is 9.98 Å². The van der Waals surface area contributed by atoms with Crippen molar-refractivity contribution in [2.24, 2.45) is 10.4 Å². The number of aliphatic imine (C=N–C) groups is 1. The molecule has 0 unspecified atom stereocenters. The van der Waals surface area contributed by atoms with Crippen LogP contribution in [0.2, 0.25) is 0 Å². The number of nitrogens with zero attached hydrogens (tertiary/aromatic N) is 3. The third kappa shape index (κ3) is 3.04. The minimum absolute atomic E-state index is 0.582. The fourth-order valence-corrected chi connectivity index (χ4v) is 3.85. The quantitative estimate of drug-likeness (QED) is 0.671. The third-order valence-electron chi connectivity index (χ3n) is 5.15. The van der Waals surface area contributed by atoms with Gasteiger partial charge in [0.05, 0.1) is 12.2 Å². The van der Waals surface area contributed by atoms with E-state index in [1.807, 2.05) is 19.3 Å². The van der Waals surface area contributed by atoms with Crippen molar-refractivity contribution in [3.05, 3.63) is 29.6 Å². The molecule has 0 amide bonds. The topological polar surface area (TPSA) is 40.5 Å². The Morgan fingerprint density at radius 3 is 2.90 bits per heavy atom. The highest BCUT2D eigenvalue weighted by Crippen LogP contribution is 2.45. The standard InChI is InChI=1S/C17H26N4/c1-14-6-5-10-19-15(14)12-20-16(18-2)21-11-9-17(13-21)7-3-4-8-17/h5-6,10H,3-4,7-9,11-13H2,1-2H3,(H,18,20). The molecule has 1 N–H and O–H groups in total. The molecule has 114 valence electrons. The van der Waals surface area contributed by atoms with E-state index in [0.717, 1.165) is 24.7 Å². The second-order valence-electron chi connectivity index (χ2n) is 6.55. The number of aromatic nitrogens is 1. The number of guanidine groups is 1. The second kappa shape index (κ2) is 6.04. The molecule has 2 heterocycles. The highest BCUT2D eigenvalue weighted by Gasteiger charge is 2.41. The Morgan fingerprint density at radius 2 is 2.19 bits per heavy atom. The molecule has 0 bridgehead atoms. The lowest BCUT2D eigenvalue weighted by Crippen LogP contribution is -2.40. The largest absolute Gasteiger partial charge is 0.351 e. The molecule has 0 atom stereocenters. The average Bonchev–Trinajstić information content (AvgIpc) is 3.12. The van der Waals surface area contributed by atoms with Crippen molar-refractivity contribution < 1.29 is 0 Å². The molecule has 0 aromatic carbocycles. The van der Waals surface area contributed by atoms with Gasteiger partial charge >= 0.3 is 0 Å². The van der Waals surface area contributed by atoms with Crippen molar-refractivity contribution in [2.45, 2.75) is 45.6 Å². The lowest BCUT2D eigenvalue weighted by atomic mass is 9.86. The first-order valence-corrected chi connectivity index (χ1v) is 8.09. The van der Waals surface area contributed by atoms with Gasteiger partial charge < -0.3 is 10.2 Å². The average molecular weight is 286 g/mol. The number of pyridine rings is 1. The number of hydrogen-bond acceptors (Lipinski definition) is 2. The molecule has 4 heteroatoms. The van der Waals surface area contributed by atoms with Crippen LogP contribution in [0.4, 0.5) is 0 Å². The second-order valence-corrected chi connectivity index (χ2v) is 6.55. The van der Waals surface area contributed by atoms with Crippen LogP contribution in [-0.4, -0.2) is 36.0 Å². The smallest absolute Gasteiger partial charge is 0.193 e. The van der Waals surface area contributed by atoms with E-state index in [1.165, 1.54) is 44.2 Å². The van der Waals surface area contributed by atoms with Gasteiger partial charge in [-0.05, 0) is 43.2 Å². The molecular formula is C17H26N4. The highest BCUT2D eigenvalue weighted by atomic mass is 15.3. The first-order chi connectivity index (χ1) is 10.2. The van der Waals surface area contributed by atoms with E-state index in [1.54, 1.807) is 0 Å². The summed E-state index contributed by atoms with van der Waals surface area (Å²) in [5, 5.41) is 3.49. The summed E-state index contributed by atoms with van der Waals surface area (Å²) in [6, 6.07) is 4.09. The first kappa shape index (κ1) is 14.4. The van der Waals surface area contributed by atoms with Crippen LogP contribution < -0.4 is 5.32 Å². The molecule has 1 spiro atoms. The van der Waals surface area contributed by atoms with E-state index in [4.69, 9.17) is 0 Å². The van der Waals surface area contributed by atoms with E-state index < -0.39 is 0 Å². The zero-order valence-electron chi connectivity index (χ0n) is 13.2. The molecule has 1 aromatic heterocycles. The van der Waals surface area contributed by atoms with Crippen molar-refractivity contribution in [1.82, 2.24) is 15.2 Å². The van der Waals surface area contributed by atoms with Crippen molar-refractivity contribution in [3.8, 4) is 0 Å². The number of aryl methyl sites for hydroxylation is 1. The molecule has 2 aliphatic rings. The van der Waals surface area contributed by atoms with E-state index in [2.05, 4.69) is 33.2 Å². The molecule has 1 aliphatic carbocycles. The van der Waals surface area contributed by atoms with Gasteiger partial charge in [0.1, 0.15) is 0 Å².